The average molecular weight is 285 g/mol. The maximum atomic E-state index is 12.2. The van der Waals surface area contributed by atoms with Crippen LogP contribution < -0.4 is 0 Å². The molecule has 0 aromatic carbocycles. The fourth-order valence-electron chi connectivity index (χ4n) is 2.01. The molecule has 0 unspecified atom stereocenters. The van der Waals surface area contributed by atoms with Gasteiger partial charge in [-0.25, -0.2) is 4.79 Å². The van der Waals surface area contributed by atoms with Crippen molar-refractivity contribution >= 4 is 40.2 Å². The van der Waals surface area contributed by atoms with Crippen molar-refractivity contribution in [2.45, 2.75) is 32.4 Å². The highest BCUT2D eigenvalue weighted by molar-refractivity contribution is 8.23. The van der Waals surface area contributed by atoms with Gasteiger partial charge >= 0.3 is 5.97 Å². The molecule has 2 heterocycles. The Morgan fingerprint density at radius 2 is 2.39 bits per heavy atom. The number of hydrogen-bond acceptors (Lipinski definition) is 5. The molecule has 0 aromatic rings. The third kappa shape index (κ3) is 2.75. The number of amides is 1. The Labute approximate surface area is 116 Å². The first kappa shape index (κ1) is 13.5. The van der Waals surface area contributed by atoms with Gasteiger partial charge in [0.15, 0.2) is 0 Å². The lowest BCUT2D eigenvalue weighted by Gasteiger charge is -2.27. The van der Waals surface area contributed by atoms with Crippen molar-refractivity contribution in [3.63, 3.8) is 0 Å². The zero-order valence-corrected chi connectivity index (χ0v) is 11.9. The minimum atomic E-state index is -0.439. The molecule has 0 spiro atoms. The van der Waals surface area contributed by atoms with Crippen molar-refractivity contribution < 1.29 is 14.3 Å². The van der Waals surface area contributed by atoms with Crippen LogP contribution in [0.2, 0.25) is 0 Å². The van der Waals surface area contributed by atoms with Crippen molar-refractivity contribution in [3.05, 3.63) is 12.2 Å². The van der Waals surface area contributed by atoms with Crippen LogP contribution in [0.4, 0.5) is 0 Å². The van der Waals surface area contributed by atoms with E-state index in [4.69, 9.17) is 17.0 Å². The molecule has 1 amide bonds. The van der Waals surface area contributed by atoms with Crippen LogP contribution >= 0.6 is 24.0 Å². The molecule has 0 saturated carbocycles. The van der Waals surface area contributed by atoms with Crippen LogP contribution in [-0.2, 0) is 14.3 Å². The minimum absolute atomic E-state index is 0.0620. The number of rotatable bonds is 3. The SMILES string of the molecule is CC(C)[C@H]1CSC(=S)N1C(=O)C[C@@H]1C=CC(=O)O1. The molecule has 2 rings (SSSR count). The van der Waals surface area contributed by atoms with E-state index in [9.17, 15) is 9.59 Å². The Balaban J connectivity index is 2.01. The van der Waals surface area contributed by atoms with E-state index in [-0.39, 0.29) is 24.3 Å². The van der Waals surface area contributed by atoms with Crippen LogP contribution in [0.15, 0.2) is 12.2 Å². The molecule has 0 radical (unpaired) electrons. The average Bonchev–Trinajstić information content (AvgIpc) is 2.85. The molecule has 0 bridgehead atoms. The van der Waals surface area contributed by atoms with Crippen molar-refractivity contribution in [1.82, 2.24) is 4.90 Å². The lowest BCUT2D eigenvalue weighted by molar-refractivity contribution is -0.141. The number of hydrogen-bond donors (Lipinski definition) is 0. The van der Waals surface area contributed by atoms with Gasteiger partial charge < -0.3 is 4.74 Å². The van der Waals surface area contributed by atoms with Gasteiger partial charge in [0.2, 0.25) is 5.91 Å². The predicted octanol–water partition coefficient (Wildman–Crippen LogP) is 1.74. The van der Waals surface area contributed by atoms with Gasteiger partial charge in [0.25, 0.3) is 0 Å². The first-order chi connectivity index (χ1) is 8.49. The van der Waals surface area contributed by atoms with E-state index in [1.54, 1.807) is 11.0 Å². The topological polar surface area (TPSA) is 46.6 Å². The molecular weight excluding hydrogens is 270 g/mol. The molecule has 2 aliphatic heterocycles. The summed E-state index contributed by atoms with van der Waals surface area (Å²) in [5.74, 6) is 0.769. The third-order valence-corrected chi connectivity index (χ3v) is 4.54. The third-order valence-electron chi connectivity index (χ3n) is 3.03. The number of nitrogens with zero attached hydrogens (tertiary/aromatic N) is 1. The van der Waals surface area contributed by atoms with Crippen LogP contribution in [-0.4, -0.2) is 39.0 Å². The summed E-state index contributed by atoms with van der Waals surface area (Å²) in [7, 11) is 0. The lowest BCUT2D eigenvalue weighted by atomic mass is 10.0. The second kappa shape index (κ2) is 5.40. The maximum absolute atomic E-state index is 12.2. The fraction of sp³-hybridized carbons (Fsp3) is 0.583. The molecule has 1 fully saturated rings. The van der Waals surface area contributed by atoms with Crippen molar-refractivity contribution in [3.8, 4) is 0 Å². The van der Waals surface area contributed by atoms with Gasteiger partial charge in [-0.3, -0.25) is 9.69 Å². The zero-order valence-electron chi connectivity index (χ0n) is 10.3. The number of ether oxygens (including phenoxy) is 1. The van der Waals surface area contributed by atoms with E-state index in [1.807, 2.05) is 0 Å². The Kier molecular flexibility index (Phi) is 4.07. The summed E-state index contributed by atoms with van der Waals surface area (Å²) < 4.78 is 5.61. The first-order valence-corrected chi connectivity index (χ1v) is 7.26. The molecule has 2 atom stereocenters. The fourth-order valence-corrected chi connectivity index (χ4v) is 3.67. The van der Waals surface area contributed by atoms with Gasteiger partial charge in [0.1, 0.15) is 10.4 Å². The van der Waals surface area contributed by atoms with Crippen LogP contribution in [0, 0.1) is 5.92 Å². The highest BCUT2D eigenvalue weighted by Gasteiger charge is 2.36. The van der Waals surface area contributed by atoms with Crippen molar-refractivity contribution in [2.75, 3.05) is 5.75 Å². The number of thiocarbonyl (C=S) groups is 1. The predicted molar refractivity (Wildman–Crippen MR) is 74.2 cm³/mol. The molecule has 18 heavy (non-hydrogen) atoms. The monoisotopic (exact) mass is 285 g/mol. The second-order valence-electron chi connectivity index (χ2n) is 4.69. The summed E-state index contributed by atoms with van der Waals surface area (Å²) in [5.41, 5.74) is 0. The summed E-state index contributed by atoms with van der Waals surface area (Å²) in [6.07, 6.45) is 2.71. The summed E-state index contributed by atoms with van der Waals surface area (Å²) in [4.78, 5) is 24.8. The number of carbonyl (C=O) groups is 2. The molecule has 2 aliphatic rings. The van der Waals surface area contributed by atoms with E-state index < -0.39 is 6.10 Å². The molecule has 0 N–H and O–H groups in total. The Morgan fingerprint density at radius 3 is 2.94 bits per heavy atom. The Morgan fingerprint density at radius 1 is 1.67 bits per heavy atom. The normalized spacial score (nSPS) is 27.2. The van der Waals surface area contributed by atoms with E-state index >= 15 is 0 Å². The number of cyclic esters (lactones) is 1. The summed E-state index contributed by atoms with van der Waals surface area (Å²) >= 11 is 6.76. The molecule has 0 aliphatic carbocycles. The van der Waals surface area contributed by atoms with Crippen LogP contribution in [0.25, 0.3) is 0 Å². The van der Waals surface area contributed by atoms with E-state index in [0.29, 0.717) is 10.2 Å². The first-order valence-electron chi connectivity index (χ1n) is 5.86. The number of thioether (sulfide) groups is 1. The summed E-state index contributed by atoms with van der Waals surface area (Å²) in [6.45, 7) is 4.16. The molecule has 0 aromatic heterocycles. The molecule has 6 heteroatoms. The smallest absolute Gasteiger partial charge is 0.331 e. The molecular formula is C12H15NO3S2. The van der Waals surface area contributed by atoms with E-state index in [2.05, 4.69) is 13.8 Å². The zero-order chi connectivity index (χ0) is 13.3. The Bertz CT molecular complexity index is 420. The van der Waals surface area contributed by atoms with Gasteiger partial charge in [-0.15, -0.1) is 0 Å². The van der Waals surface area contributed by atoms with E-state index in [0.717, 1.165) is 5.75 Å². The molecule has 1 saturated heterocycles. The standard InChI is InChI=1S/C12H15NO3S2/c1-7(2)9-6-18-12(17)13(9)10(14)5-8-3-4-11(15)16-8/h3-4,7-9H,5-6H2,1-2H3/t8-,9+/m0/s1. The highest BCUT2D eigenvalue weighted by Crippen LogP contribution is 2.30. The van der Waals surface area contributed by atoms with Crippen molar-refractivity contribution in [2.24, 2.45) is 5.92 Å². The van der Waals surface area contributed by atoms with Gasteiger partial charge in [0.05, 0.1) is 6.42 Å². The van der Waals surface area contributed by atoms with Gasteiger partial charge in [0, 0.05) is 17.9 Å². The van der Waals surface area contributed by atoms with Gasteiger partial charge in [-0.1, -0.05) is 37.8 Å². The quantitative estimate of drug-likeness (QED) is 0.584. The minimum Gasteiger partial charge on any atom is -0.454 e. The molecule has 98 valence electrons. The van der Waals surface area contributed by atoms with Gasteiger partial charge in [-0.05, 0) is 12.0 Å². The van der Waals surface area contributed by atoms with Crippen molar-refractivity contribution in [1.29, 1.82) is 0 Å². The maximum Gasteiger partial charge on any atom is 0.331 e. The van der Waals surface area contributed by atoms with Crippen LogP contribution in [0.3, 0.4) is 0 Å². The van der Waals surface area contributed by atoms with E-state index in [1.165, 1.54) is 17.8 Å². The molecule has 4 nitrogen and oxygen atoms in total. The lowest BCUT2D eigenvalue weighted by Crippen LogP contribution is -2.42. The summed E-state index contributed by atoms with van der Waals surface area (Å²) in [6, 6.07) is 0.149. The van der Waals surface area contributed by atoms with Crippen LogP contribution in [0.5, 0.6) is 0 Å². The number of esters is 1. The highest BCUT2D eigenvalue weighted by atomic mass is 32.2. The van der Waals surface area contributed by atoms with Crippen LogP contribution in [0.1, 0.15) is 20.3 Å². The second-order valence-corrected chi connectivity index (χ2v) is 6.34. The Hall–Kier alpha value is -0.880. The number of carbonyl (C=O) groups excluding carboxylic acids is 2. The van der Waals surface area contributed by atoms with Gasteiger partial charge in [-0.2, -0.15) is 0 Å². The summed E-state index contributed by atoms with van der Waals surface area (Å²) in [5, 5.41) is 0. The largest absolute Gasteiger partial charge is 0.454 e.